The Labute approximate surface area is 213 Å². The van der Waals surface area contributed by atoms with Crippen molar-refractivity contribution in [3.05, 3.63) is 59.7 Å². The number of aryl methyl sites for hydroxylation is 1. The van der Waals surface area contributed by atoms with E-state index in [1.54, 1.807) is 7.11 Å². The number of carbonyl (C=O) groups is 1. The van der Waals surface area contributed by atoms with E-state index in [0.29, 0.717) is 24.9 Å². The fourth-order valence-electron chi connectivity index (χ4n) is 3.41. The summed E-state index contributed by atoms with van der Waals surface area (Å²) in [6.45, 7) is 12.7. The molecule has 0 saturated heterocycles. The van der Waals surface area contributed by atoms with Gasteiger partial charge in [0, 0.05) is 29.2 Å². The number of hydrogen-bond donors (Lipinski definition) is 2. The molecule has 0 saturated carbocycles. The summed E-state index contributed by atoms with van der Waals surface area (Å²) in [5.41, 5.74) is 7.64. The number of fused-ring (bicyclic) bond motifs is 1. The second kappa shape index (κ2) is 20.4. The summed E-state index contributed by atoms with van der Waals surface area (Å²) in [5.74, 6) is 1.66. The maximum Gasteiger partial charge on any atom is 0.217 e. The normalized spacial score (nSPS) is 16.1. The smallest absolute Gasteiger partial charge is 0.217 e. The molecule has 0 spiro atoms. The van der Waals surface area contributed by atoms with Crippen molar-refractivity contribution < 1.29 is 9.53 Å². The minimum Gasteiger partial charge on any atom is -0.496 e. The van der Waals surface area contributed by atoms with E-state index in [2.05, 4.69) is 45.1 Å². The lowest BCUT2D eigenvalue weighted by molar-refractivity contribution is -0.117. The Kier molecular flexibility index (Phi) is 19.2. The molecule has 5 heteroatoms. The SMILES string of the molecule is CC.CCC.CCCCC1CSc2cc(CCC(N)=O)c(OC)cc2[C@@H](C)N1.c1ccccc1. The average molecular weight is 489 g/mol. The maximum absolute atomic E-state index is 11.1. The Morgan fingerprint density at radius 3 is 2.12 bits per heavy atom. The van der Waals surface area contributed by atoms with Crippen LogP contribution in [0.25, 0.3) is 0 Å². The molecule has 1 heterocycles. The van der Waals surface area contributed by atoms with Crippen LogP contribution in [0.2, 0.25) is 0 Å². The van der Waals surface area contributed by atoms with Crippen molar-refractivity contribution in [2.75, 3.05) is 12.9 Å². The van der Waals surface area contributed by atoms with Gasteiger partial charge < -0.3 is 15.8 Å². The van der Waals surface area contributed by atoms with Gasteiger partial charge in [0.25, 0.3) is 0 Å². The molecule has 2 atom stereocenters. The minimum atomic E-state index is -0.274. The second-order valence-corrected chi connectivity index (χ2v) is 9.13. The number of rotatable bonds is 7. The molecule has 1 unspecified atom stereocenters. The van der Waals surface area contributed by atoms with Gasteiger partial charge in [0.05, 0.1) is 7.11 Å². The highest BCUT2D eigenvalue weighted by atomic mass is 32.2. The molecule has 4 nitrogen and oxygen atoms in total. The third kappa shape index (κ3) is 13.0. The number of amides is 1. The highest BCUT2D eigenvalue weighted by Gasteiger charge is 2.23. The van der Waals surface area contributed by atoms with Crippen molar-refractivity contribution in [1.29, 1.82) is 0 Å². The zero-order valence-electron chi connectivity index (χ0n) is 22.5. The van der Waals surface area contributed by atoms with E-state index in [4.69, 9.17) is 10.5 Å². The quantitative estimate of drug-likeness (QED) is 0.422. The van der Waals surface area contributed by atoms with Gasteiger partial charge in [-0.15, -0.1) is 11.8 Å². The summed E-state index contributed by atoms with van der Waals surface area (Å²) in [4.78, 5) is 12.4. The molecule has 2 aromatic rings. The van der Waals surface area contributed by atoms with Gasteiger partial charge >= 0.3 is 0 Å². The van der Waals surface area contributed by atoms with Gasteiger partial charge in [0.2, 0.25) is 5.91 Å². The molecule has 34 heavy (non-hydrogen) atoms. The van der Waals surface area contributed by atoms with Crippen LogP contribution in [0.5, 0.6) is 5.75 Å². The molecule has 0 fully saturated rings. The van der Waals surface area contributed by atoms with Gasteiger partial charge in [0.15, 0.2) is 0 Å². The third-order valence-corrected chi connectivity index (χ3v) is 6.25. The van der Waals surface area contributed by atoms with Gasteiger partial charge in [-0.3, -0.25) is 4.79 Å². The van der Waals surface area contributed by atoms with Crippen molar-refractivity contribution in [2.45, 2.75) is 97.0 Å². The number of primary amides is 1. The van der Waals surface area contributed by atoms with Crippen LogP contribution in [0.1, 0.15) is 90.8 Å². The summed E-state index contributed by atoms with van der Waals surface area (Å²) in [7, 11) is 1.68. The molecule has 0 radical (unpaired) electrons. The van der Waals surface area contributed by atoms with Crippen molar-refractivity contribution in [3.8, 4) is 5.75 Å². The molecule has 3 rings (SSSR count). The fraction of sp³-hybridized carbons (Fsp3) is 0.552. The van der Waals surface area contributed by atoms with Crippen LogP contribution in [0, 0.1) is 0 Å². The van der Waals surface area contributed by atoms with Crippen molar-refractivity contribution >= 4 is 17.7 Å². The number of ether oxygens (including phenoxy) is 1. The van der Waals surface area contributed by atoms with Crippen molar-refractivity contribution in [3.63, 3.8) is 0 Å². The predicted octanol–water partition coefficient (Wildman–Crippen LogP) is 7.56. The first-order valence-corrected chi connectivity index (χ1v) is 13.8. The monoisotopic (exact) mass is 488 g/mol. The first-order chi connectivity index (χ1) is 16.5. The third-order valence-electron chi connectivity index (χ3n) is 5.02. The maximum atomic E-state index is 11.1. The lowest BCUT2D eigenvalue weighted by atomic mass is 10.0. The first-order valence-electron chi connectivity index (χ1n) is 12.8. The van der Waals surface area contributed by atoms with E-state index in [9.17, 15) is 4.79 Å². The number of nitrogens with one attached hydrogen (secondary N) is 1. The van der Waals surface area contributed by atoms with E-state index < -0.39 is 0 Å². The van der Waals surface area contributed by atoms with Crippen LogP contribution < -0.4 is 15.8 Å². The summed E-state index contributed by atoms with van der Waals surface area (Å²) in [6.07, 6.45) is 5.94. The standard InChI is InChI=1S/C18H28N2O2S.C6H6.C3H8.C2H6/c1-4-5-6-14-11-23-17-9-13(7-8-18(19)21)16(22-3)10-15(17)12(2)20-14;1-2-4-6-5-3-1;1-3-2;1-2/h9-10,12,14,20H,4-8,11H2,1-3H3,(H2,19,21);1-6H;3H2,1-2H3;1-2H3/t12-,14?;;;/m1.../s1. The molecular weight excluding hydrogens is 440 g/mol. The molecule has 1 amide bonds. The molecule has 1 aliphatic heterocycles. The van der Waals surface area contributed by atoms with E-state index in [1.165, 1.54) is 36.1 Å². The Morgan fingerprint density at radius 2 is 1.65 bits per heavy atom. The van der Waals surface area contributed by atoms with Gasteiger partial charge in [-0.05, 0) is 43.0 Å². The van der Waals surface area contributed by atoms with Crippen LogP contribution in [-0.4, -0.2) is 24.8 Å². The number of thioether (sulfide) groups is 1. The van der Waals surface area contributed by atoms with Gasteiger partial charge in [-0.25, -0.2) is 0 Å². The van der Waals surface area contributed by atoms with Crippen LogP contribution in [0.15, 0.2) is 53.4 Å². The van der Waals surface area contributed by atoms with E-state index in [0.717, 1.165) is 17.1 Å². The molecule has 0 aromatic heterocycles. The fourth-order valence-corrected chi connectivity index (χ4v) is 4.68. The zero-order valence-corrected chi connectivity index (χ0v) is 23.3. The number of nitrogens with two attached hydrogens (primary N) is 1. The first kappa shape index (κ1) is 32.0. The number of hydrogen-bond acceptors (Lipinski definition) is 4. The average Bonchev–Trinajstić information content (AvgIpc) is 3.02. The van der Waals surface area contributed by atoms with Crippen molar-refractivity contribution in [2.24, 2.45) is 5.73 Å². The Hall–Kier alpha value is -1.98. The molecule has 0 bridgehead atoms. The highest BCUT2D eigenvalue weighted by molar-refractivity contribution is 7.99. The highest BCUT2D eigenvalue weighted by Crippen LogP contribution is 2.37. The molecule has 192 valence electrons. The molecule has 2 aromatic carbocycles. The van der Waals surface area contributed by atoms with Gasteiger partial charge in [0.1, 0.15) is 5.75 Å². The molecule has 1 aliphatic rings. The number of carbonyl (C=O) groups excluding carboxylic acids is 1. The minimum absolute atomic E-state index is 0.274. The van der Waals surface area contributed by atoms with Crippen LogP contribution in [0.3, 0.4) is 0 Å². The van der Waals surface area contributed by atoms with Crippen molar-refractivity contribution in [1.82, 2.24) is 5.32 Å². The van der Waals surface area contributed by atoms with Gasteiger partial charge in [-0.1, -0.05) is 90.3 Å². The summed E-state index contributed by atoms with van der Waals surface area (Å²) in [6, 6.07) is 17.2. The Bertz CT molecular complexity index is 742. The molecule has 3 N–H and O–H groups in total. The molecular formula is C29H48N2O2S. The summed E-state index contributed by atoms with van der Waals surface area (Å²) >= 11 is 1.91. The number of methoxy groups -OCH3 is 1. The summed E-state index contributed by atoms with van der Waals surface area (Å²) in [5, 5.41) is 3.74. The van der Waals surface area contributed by atoms with Crippen LogP contribution in [0.4, 0.5) is 0 Å². The van der Waals surface area contributed by atoms with Gasteiger partial charge in [-0.2, -0.15) is 0 Å². The zero-order chi connectivity index (χ0) is 25.8. The largest absolute Gasteiger partial charge is 0.496 e. The van der Waals surface area contributed by atoms with E-state index in [1.807, 2.05) is 62.0 Å². The topological polar surface area (TPSA) is 64.4 Å². The van der Waals surface area contributed by atoms with Crippen LogP contribution >= 0.6 is 11.8 Å². The Balaban J connectivity index is 0.000000822. The predicted molar refractivity (Wildman–Crippen MR) is 150 cm³/mol. The van der Waals surface area contributed by atoms with E-state index in [-0.39, 0.29) is 5.91 Å². The molecule has 0 aliphatic carbocycles. The second-order valence-electron chi connectivity index (χ2n) is 8.07. The van der Waals surface area contributed by atoms with Crippen LogP contribution in [-0.2, 0) is 11.2 Å². The number of unbranched alkanes of at least 4 members (excludes halogenated alkanes) is 1. The lowest BCUT2D eigenvalue weighted by Crippen LogP contribution is -2.32. The van der Waals surface area contributed by atoms with E-state index >= 15 is 0 Å². The number of benzene rings is 2. The summed E-state index contributed by atoms with van der Waals surface area (Å²) < 4.78 is 5.54. The Morgan fingerprint density at radius 1 is 1.09 bits per heavy atom. The lowest BCUT2D eigenvalue weighted by Gasteiger charge is -2.20.